The van der Waals surface area contributed by atoms with Gasteiger partial charge in [0.05, 0.1) is 11.0 Å². The summed E-state index contributed by atoms with van der Waals surface area (Å²) < 4.78 is 2.00. The van der Waals surface area contributed by atoms with Gasteiger partial charge in [-0.05, 0) is 55.8 Å². The van der Waals surface area contributed by atoms with Gasteiger partial charge in [-0.25, -0.2) is 4.98 Å². The predicted octanol–water partition coefficient (Wildman–Crippen LogP) is 3.33. The number of benzene rings is 2. The van der Waals surface area contributed by atoms with Crippen molar-refractivity contribution >= 4 is 28.4 Å². The molecule has 1 saturated heterocycles. The molecule has 29 heavy (non-hydrogen) atoms. The van der Waals surface area contributed by atoms with Crippen molar-refractivity contribution in [2.75, 3.05) is 18.4 Å². The van der Waals surface area contributed by atoms with E-state index in [-0.39, 0.29) is 11.7 Å². The molecule has 5 rings (SSSR count). The number of hydrogen-bond donors (Lipinski definition) is 1. The van der Waals surface area contributed by atoms with E-state index < -0.39 is 5.92 Å². The number of amides is 1. The van der Waals surface area contributed by atoms with Crippen LogP contribution in [-0.2, 0) is 22.7 Å². The third-order valence-corrected chi connectivity index (χ3v) is 5.93. The van der Waals surface area contributed by atoms with Gasteiger partial charge < -0.3 is 9.88 Å². The Hall–Kier alpha value is -2.99. The van der Waals surface area contributed by atoms with Crippen LogP contribution in [0.4, 0.5) is 5.69 Å². The minimum atomic E-state index is -0.861. The van der Waals surface area contributed by atoms with Crippen molar-refractivity contribution < 1.29 is 9.59 Å². The summed E-state index contributed by atoms with van der Waals surface area (Å²) in [7, 11) is 0. The summed E-state index contributed by atoms with van der Waals surface area (Å²) in [4.78, 5) is 32.6. The maximum absolute atomic E-state index is 13.0. The summed E-state index contributed by atoms with van der Waals surface area (Å²) in [6, 6.07) is 15.7. The number of nitrogens with one attached hydrogen (secondary N) is 1. The van der Waals surface area contributed by atoms with Crippen LogP contribution in [-0.4, -0.2) is 39.2 Å². The van der Waals surface area contributed by atoms with Crippen LogP contribution in [0.5, 0.6) is 0 Å². The molecule has 1 unspecified atom stereocenters. The van der Waals surface area contributed by atoms with Crippen LogP contribution in [0.2, 0.25) is 0 Å². The Morgan fingerprint density at radius 1 is 1.03 bits per heavy atom. The zero-order valence-corrected chi connectivity index (χ0v) is 16.3. The van der Waals surface area contributed by atoms with Crippen molar-refractivity contribution in [3.63, 3.8) is 0 Å². The number of imidazole rings is 1. The van der Waals surface area contributed by atoms with Gasteiger partial charge in [-0.1, -0.05) is 24.3 Å². The normalized spacial score (nSPS) is 19.4. The largest absolute Gasteiger partial charge is 0.326 e. The van der Waals surface area contributed by atoms with Crippen LogP contribution < -0.4 is 5.32 Å². The number of carbonyl (C=O) groups excluding carboxylic acids is 2. The molecule has 3 heterocycles. The number of Topliss-reactive ketones (excluding diaryl/α,β-unsaturated/α-hetero) is 1. The standard InChI is InChI=1S/C23H24N4O2/c28-20-11-14-27-19-6-2-1-5-18(19)25-22(27)21(20)23(29)24-17-9-7-16(8-10-17)15-26-12-3-4-13-26/h1-2,5-10,21H,3-4,11-15H2,(H,24,29). The molecule has 2 aromatic carbocycles. The Morgan fingerprint density at radius 2 is 1.79 bits per heavy atom. The molecule has 2 aliphatic rings. The van der Waals surface area contributed by atoms with E-state index in [9.17, 15) is 9.59 Å². The molecule has 0 saturated carbocycles. The van der Waals surface area contributed by atoms with Crippen LogP contribution in [0.1, 0.15) is 36.6 Å². The van der Waals surface area contributed by atoms with E-state index in [2.05, 4.69) is 15.2 Å². The van der Waals surface area contributed by atoms with Gasteiger partial charge in [0.2, 0.25) is 5.91 Å². The lowest BCUT2D eigenvalue weighted by Gasteiger charge is -2.22. The van der Waals surface area contributed by atoms with Crippen molar-refractivity contribution in [1.82, 2.24) is 14.5 Å². The fourth-order valence-corrected chi connectivity index (χ4v) is 4.43. The van der Waals surface area contributed by atoms with Gasteiger partial charge in [0, 0.05) is 25.2 Å². The molecule has 1 atom stereocenters. The van der Waals surface area contributed by atoms with Gasteiger partial charge in [-0.15, -0.1) is 0 Å². The number of hydrogen-bond acceptors (Lipinski definition) is 4. The second-order valence-electron chi connectivity index (χ2n) is 7.93. The maximum atomic E-state index is 13.0. The van der Waals surface area contributed by atoms with Crippen molar-refractivity contribution in [2.45, 2.75) is 38.3 Å². The second-order valence-corrected chi connectivity index (χ2v) is 7.93. The van der Waals surface area contributed by atoms with Gasteiger partial charge in [-0.3, -0.25) is 14.5 Å². The van der Waals surface area contributed by atoms with E-state index in [1.807, 2.05) is 53.1 Å². The Bertz CT molecular complexity index is 1060. The molecule has 1 fully saturated rings. The zero-order valence-electron chi connectivity index (χ0n) is 16.3. The second kappa shape index (κ2) is 7.44. The molecule has 0 bridgehead atoms. The summed E-state index contributed by atoms with van der Waals surface area (Å²) in [5.41, 5.74) is 3.74. The molecular weight excluding hydrogens is 364 g/mol. The Labute approximate surface area is 169 Å². The van der Waals surface area contributed by atoms with E-state index in [0.29, 0.717) is 24.5 Å². The van der Waals surface area contributed by atoms with E-state index in [1.54, 1.807) is 0 Å². The lowest BCUT2D eigenvalue weighted by Crippen LogP contribution is -2.34. The van der Waals surface area contributed by atoms with Gasteiger partial charge in [0.1, 0.15) is 5.82 Å². The van der Waals surface area contributed by atoms with Crippen molar-refractivity contribution in [2.24, 2.45) is 0 Å². The third-order valence-electron chi connectivity index (χ3n) is 5.93. The molecular formula is C23H24N4O2. The minimum Gasteiger partial charge on any atom is -0.326 e. The average Bonchev–Trinajstić information content (AvgIpc) is 3.36. The Morgan fingerprint density at radius 3 is 2.59 bits per heavy atom. The van der Waals surface area contributed by atoms with Crippen LogP contribution in [0.25, 0.3) is 11.0 Å². The van der Waals surface area contributed by atoms with Crippen LogP contribution in [0, 0.1) is 0 Å². The molecule has 0 radical (unpaired) electrons. The number of para-hydroxylation sites is 2. The SMILES string of the molecule is O=C1CCn2c(nc3ccccc32)C1C(=O)Nc1ccc(CN2CCCC2)cc1. The number of carbonyl (C=O) groups is 2. The highest BCUT2D eigenvalue weighted by Gasteiger charge is 2.36. The number of aryl methyl sites for hydroxylation is 1. The fraction of sp³-hybridized carbons (Fsp3) is 0.348. The molecule has 1 N–H and O–H groups in total. The first-order chi connectivity index (χ1) is 14.2. The molecule has 0 aliphatic carbocycles. The summed E-state index contributed by atoms with van der Waals surface area (Å²) in [6.07, 6.45) is 2.89. The number of anilines is 1. The minimum absolute atomic E-state index is 0.0732. The summed E-state index contributed by atoms with van der Waals surface area (Å²) >= 11 is 0. The van der Waals surface area contributed by atoms with Crippen molar-refractivity contribution in [1.29, 1.82) is 0 Å². The quantitative estimate of drug-likeness (QED) is 0.696. The van der Waals surface area contributed by atoms with E-state index in [1.165, 1.54) is 18.4 Å². The van der Waals surface area contributed by atoms with Crippen LogP contribution in [0.3, 0.4) is 0 Å². The van der Waals surface area contributed by atoms with Crippen molar-refractivity contribution in [3.05, 3.63) is 59.9 Å². The first-order valence-electron chi connectivity index (χ1n) is 10.3. The van der Waals surface area contributed by atoms with Crippen LogP contribution in [0.15, 0.2) is 48.5 Å². The monoisotopic (exact) mass is 388 g/mol. The fourth-order valence-electron chi connectivity index (χ4n) is 4.43. The van der Waals surface area contributed by atoms with Crippen LogP contribution >= 0.6 is 0 Å². The van der Waals surface area contributed by atoms with E-state index >= 15 is 0 Å². The molecule has 148 valence electrons. The van der Waals surface area contributed by atoms with E-state index in [4.69, 9.17) is 0 Å². The Kier molecular flexibility index (Phi) is 4.64. The lowest BCUT2D eigenvalue weighted by molar-refractivity contribution is -0.128. The Balaban J connectivity index is 1.35. The van der Waals surface area contributed by atoms with E-state index in [0.717, 1.165) is 30.7 Å². The number of ketones is 1. The van der Waals surface area contributed by atoms with Crippen molar-refractivity contribution in [3.8, 4) is 0 Å². The van der Waals surface area contributed by atoms with Gasteiger partial charge in [0.15, 0.2) is 11.7 Å². The van der Waals surface area contributed by atoms with Gasteiger partial charge in [-0.2, -0.15) is 0 Å². The number of aromatic nitrogens is 2. The molecule has 1 aromatic heterocycles. The number of likely N-dealkylation sites (tertiary alicyclic amines) is 1. The lowest BCUT2D eigenvalue weighted by atomic mass is 9.96. The van der Waals surface area contributed by atoms with Gasteiger partial charge >= 0.3 is 0 Å². The molecule has 1 amide bonds. The molecule has 0 spiro atoms. The van der Waals surface area contributed by atoms with Gasteiger partial charge in [0.25, 0.3) is 0 Å². The predicted molar refractivity (Wildman–Crippen MR) is 112 cm³/mol. The molecule has 6 heteroatoms. The summed E-state index contributed by atoms with van der Waals surface area (Å²) in [5.74, 6) is -0.694. The smallest absolute Gasteiger partial charge is 0.242 e. The highest BCUT2D eigenvalue weighted by Crippen LogP contribution is 2.29. The number of fused-ring (bicyclic) bond motifs is 3. The summed E-state index contributed by atoms with van der Waals surface area (Å²) in [6.45, 7) is 3.83. The molecule has 6 nitrogen and oxygen atoms in total. The zero-order chi connectivity index (χ0) is 19.8. The molecule has 3 aromatic rings. The first kappa shape index (κ1) is 18.1. The maximum Gasteiger partial charge on any atom is 0.242 e. The average molecular weight is 388 g/mol. The highest BCUT2D eigenvalue weighted by atomic mass is 16.2. The topological polar surface area (TPSA) is 67.2 Å². The summed E-state index contributed by atoms with van der Waals surface area (Å²) in [5, 5.41) is 2.92. The highest BCUT2D eigenvalue weighted by molar-refractivity contribution is 6.12. The first-order valence-corrected chi connectivity index (χ1v) is 10.3. The molecule has 2 aliphatic heterocycles. The third kappa shape index (κ3) is 3.44. The number of nitrogens with zero attached hydrogens (tertiary/aromatic N) is 3. The number of rotatable bonds is 4.